The average Bonchev–Trinajstić information content (AvgIpc) is 2.10. The first-order chi connectivity index (χ1) is 7.53. The number of hydrogen-bond acceptors (Lipinski definition) is 2. The molecule has 90 valence electrons. The fourth-order valence-corrected chi connectivity index (χ4v) is 3.13. The maximum Gasteiger partial charge on any atom is 0.219 e. The minimum absolute atomic E-state index is 0.0648. The van der Waals surface area contributed by atoms with Gasteiger partial charge in [-0.25, -0.2) is 0 Å². The second kappa shape index (κ2) is 4.07. The zero-order valence-corrected chi connectivity index (χ0v) is 10.0. The molecule has 0 saturated heterocycles. The Morgan fingerprint density at radius 3 is 2.06 bits per heavy atom. The molecule has 0 heterocycles. The Morgan fingerprint density at radius 1 is 1.12 bits per heavy atom. The number of carbonyl (C=O) groups is 2. The molecule has 0 aromatic heterocycles. The highest BCUT2D eigenvalue weighted by atomic mass is 16.2. The lowest BCUT2D eigenvalue weighted by Gasteiger charge is -2.57. The predicted molar refractivity (Wildman–Crippen MR) is 60.7 cm³/mol. The number of nitrogens with one attached hydrogen (secondary N) is 2. The van der Waals surface area contributed by atoms with Crippen molar-refractivity contribution in [2.24, 2.45) is 5.41 Å². The van der Waals surface area contributed by atoms with Gasteiger partial charge in [0.15, 0.2) is 0 Å². The van der Waals surface area contributed by atoms with Gasteiger partial charge in [-0.05, 0) is 31.1 Å². The largest absolute Gasteiger partial charge is 0.354 e. The van der Waals surface area contributed by atoms with E-state index in [2.05, 4.69) is 10.6 Å². The van der Waals surface area contributed by atoms with Gasteiger partial charge < -0.3 is 10.6 Å². The van der Waals surface area contributed by atoms with E-state index in [9.17, 15) is 9.59 Å². The van der Waals surface area contributed by atoms with E-state index in [0.29, 0.717) is 23.9 Å². The van der Waals surface area contributed by atoms with Gasteiger partial charge in [0.05, 0.1) is 0 Å². The van der Waals surface area contributed by atoms with E-state index in [1.54, 1.807) is 6.92 Å². The average molecular weight is 224 g/mol. The summed E-state index contributed by atoms with van der Waals surface area (Å²) in [6.45, 7) is 3.44. The molecule has 16 heavy (non-hydrogen) atoms. The lowest BCUT2D eigenvalue weighted by atomic mass is 9.52. The van der Waals surface area contributed by atoms with Gasteiger partial charge >= 0.3 is 0 Å². The molecule has 0 aliphatic heterocycles. The van der Waals surface area contributed by atoms with Crippen molar-refractivity contribution in [3.05, 3.63) is 0 Å². The first-order valence-corrected chi connectivity index (χ1v) is 6.09. The van der Waals surface area contributed by atoms with Gasteiger partial charge in [0.25, 0.3) is 0 Å². The van der Waals surface area contributed by atoms with Crippen molar-refractivity contribution < 1.29 is 9.59 Å². The van der Waals surface area contributed by atoms with Crippen LogP contribution in [0.4, 0.5) is 0 Å². The molecule has 1 spiro atoms. The molecule has 4 nitrogen and oxygen atoms in total. The van der Waals surface area contributed by atoms with Crippen molar-refractivity contribution >= 4 is 11.8 Å². The smallest absolute Gasteiger partial charge is 0.219 e. The van der Waals surface area contributed by atoms with E-state index in [1.807, 2.05) is 6.92 Å². The summed E-state index contributed by atoms with van der Waals surface area (Å²) in [4.78, 5) is 22.0. The van der Waals surface area contributed by atoms with Crippen LogP contribution < -0.4 is 10.6 Å². The van der Waals surface area contributed by atoms with Crippen LogP contribution in [-0.2, 0) is 9.59 Å². The highest BCUT2D eigenvalue weighted by Gasteiger charge is 2.53. The Labute approximate surface area is 96.2 Å². The minimum Gasteiger partial charge on any atom is -0.354 e. The molecule has 2 aliphatic rings. The first kappa shape index (κ1) is 11.4. The first-order valence-electron chi connectivity index (χ1n) is 6.09. The van der Waals surface area contributed by atoms with Crippen LogP contribution in [0.25, 0.3) is 0 Å². The Kier molecular flexibility index (Phi) is 2.91. The number of carbonyl (C=O) groups excluding carboxylic acids is 2. The van der Waals surface area contributed by atoms with Crippen LogP contribution in [0.1, 0.15) is 46.0 Å². The number of rotatable bonds is 3. The summed E-state index contributed by atoms with van der Waals surface area (Å²) in [5.41, 5.74) is 0.429. The van der Waals surface area contributed by atoms with Crippen molar-refractivity contribution in [3.63, 3.8) is 0 Å². The molecule has 2 amide bonds. The summed E-state index contributed by atoms with van der Waals surface area (Å²) in [5.74, 6) is 0.215. The van der Waals surface area contributed by atoms with Crippen LogP contribution in [0.15, 0.2) is 0 Å². The summed E-state index contributed by atoms with van der Waals surface area (Å²) in [7, 11) is 0. The molecular weight excluding hydrogens is 204 g/mol. The topological polar surface area (TPSA) is 58.2 Å². The van der Waals surface area contributed by atoms with Gasteiger partial charge in [0, 0.05) is 25.4 Å². The van der Waals surface area contributed by atoms with Crippen molar-refractivity contribution in [2.45, 2.75) is 58.0 Å². The van der Waals surface area contributed by atoms with Gasteiger partial charge in [-0.3, -0.25) is 9.59 Å². The third kappa shape index (κ3) is 2.20. The molecule has 2 fully saturated rings. The van der Waals surface area contributed by atoms with E-state index < -0.39 is 0 Å². The number of amides is 2. The molecule has 0 unspecified atom stereocenters. The van der Waals surface area contributed by atoms with E-state index >= 15 is 0 Å². The Balaban J connectivity index is 1.66. The zero-order chi connectivity index (χ0) is 11.8. The fourth-order valence-electron chi connectivity index (χ4n) is 3.13. The van der Waals surface area contributed by atoms with Crippen LogP contribution in [0, 0.1) is 5.41 Å². The Morgan fingerprint density at radius 2 is 1.62 bits per heavy atom. The second-order valence-corrected chi connectivity index (χ2v) is 5.33. The van der Waals surface area contributed by atoms with Crippen LogP contribution in [0.3, 0.4) is 0 Å². The Bertz CT molecular complexity index is 300. The van der Waals surface area contributed by atoms with Crippen LogP contribution in [0.5, 0.6) is 0 Å². The molecule has 0 aromatic rings. The van der Waals surface area contributed by atoms with Crippen molar-refractivity contribution in [2.75, 3.05) is 0 Å². The second-order valence-electron chi connectivity index (χ2n) is 5.33. The monoisotopic (exact) mass is 224 g/mol. The lowest BCUT2D eigenvalue weighted by molar-refractivity contribution is -0.126. The van der Waals surface area contributed by atoms with E-state index in [4.69, 9.17) is 0 Å². The molecule has 4 heteroatoms. The molecule has 2 rings (SSSR count). The lowest BCUT2D eigenvalue weighted by Crippen LogP contribution is -2.61. The van der Waals surface area contributed by atoms with E-state index in [-0.39, 0.29) is 11.8 Å². The molecule has 2 N–H and O–H groups in total. The predicted octanol–water partition coefficient (Wildman–Crippen LogP) is 0.960. The molecule has 0 radical (unpaired) electrons. The summed E-state index contributed by atoms with van der Waals surface area (Å²) in [6, 6.07) is 0.756. The standard InChI is InChI=1S/C12H20N2O2/c1-3-11(16)14-10-6-12(7-10)4-9(5-12)13-8(2)15/h9-10H,3-7H2,1-2H3,(H,13,15)(H,14,16). The van der Waals surface area contributed by atoms with E-state index in [0.717, 1.165) is 25.7 Å². The summed E-state index contributed by atoms with van der Waals surface area (Å²) in [5, 5.41) is 5.96. The maximum atomic E-state index is 11.2. The zero-order valence-electron chi connectivity index (χ0n) is 10.0. The third-order valence-corrected chi connectivity index (χ3v) is 3.81. The summed E-state index contributed by atoms with van der Waals surface area (Å²) >= 11 is 0. The van der Waals surface area contributed by atoms with Crippen molar-refractivity contribution in [1.29, 1.82) is 0 Å². The molecule has 0 bridgehead atoms. The van der Waals surface area contributed by atoms with Crippen LogP contribution in [-0.4, -0.2) is 23.9 Å². The van der Waals surface area contributed by atoms with Crippen LogP contribution >= 0.6 is 0 Å². The van der Waals surface area contributed by atoms with Gasteiger partial charge in [-0.1, -0.05) is 6.92 Å². The fraction of sp³-hybridized carbons (Fsp3) is 0.833. The van der Waals surface area contributed by atoms with E-state index in [1.165, 1.54) is 0 Å². The van der Waals surface area contributed by atoms with Crippen LogP contribution in [0.2, 0.25) is 0 Å². The Hall–Kier alpha value is -1.06. The molecule has 2 saturated carbocycles. The third-order valence-electron chi connectivity index (χ3n) is 3.81. The summed E-state index contributed by atoms with van der Waals surface area (Å²) < 4.78 is 0. The van der Waals surface area contributed by atoms with Gasteiger partial charge in [-0.15, -0.1) is 0 Å². The minimum atomic E-state index is 0.0648. The SMILES string of the molecule is CCC(=O)NC1CC2(CC(NC(C)=O)C2)C1. The normalized spacial score (nSPS) is 36.1. The highest BCUT2D eigenvalue weighted by molar-refractivity contribution is 5.76. The highest BCUT2D eigenvalue weighted by Crippen LogP contribution is 2.55. The van der Waals surface area contributed by atoms with Gasteiger partial charge in [0.1, 0.15) is 0 Å². The van der Waals surface area contributed by atoms with Crippen molar-refractivity contribution in [1.82, 2.24) is 10.6 Å². The molecule has 0 atom stereocenters. The molecular formula is C12H20N2O2. The summed E-state index contributed by atoms with van der Waals surface area (Å²) in [6.07, 6.45) is 4.93. The number of hydrogen-bond donors (Lipinski definition) is 2. The van der Waals surface area contributed by atoms with Gasteiger partial charge in [0.2, 0.25) is 11.8 Å². The van der Waals surface area contributed by atoms with Gasteiger partial charge in [-0.2, -0.15) is 0 Å². The molecule has 2 aliphatic carbocycles. The maximum absolute atomic E-state index is 11.2. The van der Waals surface area contributed by atoms with Crippen molar-refractivity contribution in [3.8, 4) is 0 Å². The molecule has 0 aromatic carbocycles. The quantitative estimate of drug-likeness (QED) is 0.750.